The van der Waals surface area contributed by atoms with Crippen LogP contribution in [0.15, 0.2) is 22.8 Å². The number of carbonyl (C=O) groups excluding carboxylic acids is 1. The second-order valence-corrected chi connectivity index (χ2v) is 4.61. The first kappa shape index (κ1) is 12.1. The highest BCUT2D eigenvalue weighted by molar-refractivity contribution is 9.10. The van der Waals surface area contributed by atoms with Gasteiger partial charge in [0.2, 0.25) is 5.91 Å². The summed E-state index contributed by atoms with van der Waals surface area (Å²) in [5, 5.41) is 5.65. The Morgan fingerprint density at radius 3 is 2.60 bits per heavy atom. The first-order valence-corrected chi connectivity index (χ1v) is 5.37. The molecule has 0 aliphatic rings. The quantitative estimate of drug-likeness (QED) is 0.881. The van der Waals surface area contributed by atoms with Crippen molar-refractivity contribution in [2.45, 2.75) is 19.4 Å². The van der Waals surface area contributed by atoms with E-state index in [1.165, 1.54) is 0 Å². The molecule has 0 bridgehead atoms. The summed E-state index contributed by atoms with van der Waals surface area (Å²) in [4.78, 5) is 15.8. The number of hydrogen-bond acceptors (Lipinski definition) is 3. The lowest BCUT2D eigenvalue weighted by Gasteiger charge is -2.22. The number of hydrogen-bond donors (Lipinski definition) is 2. The number of aromatic nitrogens is 1. The second kappa shape index (κ2) is 4.72. The minimum absolute atomic E-state index is 0.111. The number of anilines is 1. The summed E-state index contributed by atoms with van der Waals surface area (Å²) >= 11 is 3.28. The fraction of sp³-hybridized carbons (Fsp3) is 0.400. The minimum Gasteiger partial charge on any atom is -0.309 e. The Morgan fingerprint density at radius 1 is 1.47 bits per heavy atom. The number of likely N-dealkylation sites (N-methyl/N-ethyl adjacent to an activating group) is 1. The third kappa shape index (κ3) is 3.28. The van der Waals surface area contributed by atoms with Crippen molar-refractivity contribution in [2.75, 3.05) is 12.4 Å². The Balaban J connectivity index is 2.71. The number of rotatable bonds is 3. The SMILES string of the molecule is CNC(C)(C)C(=O)Nc1ccc(Br)cn1. The topological polar surface area (TPSA) is 54.0 Å². The van der Waals surface area contributed by atoms with Crippen molar-refractivity contribution >= 4 is 27.7 Å². The van der Waals surface area contributed by atoms with Gasteiger partial charge in [0.05, 0.1) is 5.54 Å². The molecule has 0 unspecified atom stereocenters. The van der Waals surface area contributed by atoms with Gasteiger partial charge >= 0.3 is 0 Å². The molecule has 0 atom stereocenters. The van der Waals surface area contributed by atoms with Crippen LogP contribution in [-0.4, -0.2) is 23.5 Å². The van der Waals surface area contributed by atoms with Crippen molar-refractivity contribution in [1.29, 1.82) is 0 Å². The third-order valence-electron chi connectivity index (χ3n) is 2.16. The summed E-state index contributed by atoms with van der Waals surface area (Å²) in [6.45, 7) is 3.61. The van der Waals surface area contributed by atoms with Gasteiger partial charge in [-0.3, -0.25) is 4.79 Å². The van der Waals surface area contributed by atoms with Gasteiger partial charge in [-0.25, -0.2) is 4.98 Å². The molecular formula is C10H14BrN3O. The van der Waals surface area contributed by atoms with Gasteiger partial charge < -0.3 is 10.6 Å². The highest BCUT2D eigenvalue weighted by Gasteiger charge is 2.25. The maximum atomic E-state index is 11.7. The van der Waals surface area contributed by atoms with Gasteiger partial charge in [-0.1, -0.05) is 0 Å². The molecule has 15 heavy (non-hydrogen) atoms. The summed E-state index contributed by atoms with van der Waals surface area (Å²) in [5.74, 6) is 0.436. The van der Waals surface area contributed by atoms with Gasteiger partial charge in [-0.2, -0.15) is 0 Å². The number of nitrogens with one attached hydrogen (secondary N) is 2. The minimum atomic E-state index is -0.602. The average molecular weight is 272 g/mol. The van der Waals surface area contributed by atoms with E-state index in [2.05, 4.69) is 31.5 Å². The van der Waals surface area contributed by atoms with Gasteiger partial charge in [0.1, 0.15) is 5.82 Å². The molecule has 0 aliphatic heterocycles. The summed E-state index contributed by atoms with van der Waals surface area (Å²) < 4.78 is 0.883. The van der Waals surface area contributed by atoms with E-state index in [1.807, 2.05) is 6.07 Å². The van der Waals surface area contributed by atoms with E-state index in [4.69, 9.17) is 0 Å². The third-order valence-corrected chi connectivity index (χ3v) is 2.63. The molecule has 0 aliphatic carbocycles. The van der Waals surface area contributed by atoms with Crippen LogP contribution >= 0.6 is 15.9 Å². The molecule has 1 aromatic rings. The van der Waals surface area contributed by atoms with Crippen LogP contribution in [0.3, 0.4) is 0 Å². The summed E-state index contributed by atoms with van der Waals surface area (Å²) in [6, 6.07) is 3.57. The molecular weight excluding hydrogens is 258 g/mol. The van der Waals surface area contributed by atoms with Crippen LogP contribution in [0.1, 0.15) is 13.8 Å². The highest BCUT2D eigenvalue weighted by atomic mass is 79.9. The number of pyridine rings is 1. The molecule has 82 valence electrons. The molecule has 1 aromatic heterocycles. The standard InChI is InChI=1S/C10H14BrN3O/c1-10(2,12-3)9(15)14-8-5-4-7(11)6-13-8/h4-6,12H,1-3H3,(H,13,14,15). The monoisotopic (exact) mass is 271 g/mol. The zero-order valence-corrected chi connectivity index (χ0v) is 10.6. The van der Waals surface area contributed by atoms with Crippen molar-refractivity contribution in [3.63, 3.8) is 0 Å². The number of carbonyl (C=O) groups is 1. The Kier molecular flexibility index (Phi) is 3.82. The van der Waals surface area contributed by atoms with Crippen LogP contribution in [-0.2, 0) is 4.79 Å². The first-order chi connectivity index (χ1) is 6.95. The van der Waals surface area contributed by atoms with Gasteiger partial charge in [-0.05, 0) is 49.0 Å². The van der Waals surface area contributed by atoms with Gasteiger partial charge in [-0.15, -0.1) is 0 Å². The van der Waals surface area contributed by atoms with Crippen molar-refractivity contribution in [1.82, 2.24) is 10.3 Å². The molecule has 2 N–H and O–H groups in total. The van der Waals surface area contributed by atoms with Crippen LogP contribution in [0, 0.1) is 0 Å². The van der Waals surface area contributed by atoms with Crippen LogP contribution in [0.5, 0.6) is 0 Å². The fourth-order valence-electron chi connectivity index (χ4n) is 0.836. The normalized spacial score (nSPS) is 11.2. The van der Waals surface area contributed by atoms with Crippen molar-refractivity contribution in [3.8, 4) is 0 Å². The Labute approximate surface area is 97.6 Å². The van der Waals surface area contributed by atoms with Crippen molar-refractivity contribution in [3.05, 3.63) is 22.8 Å². The van der Waals surface area contributed by atoms with Crippen molar-refractivity contribution in [2.24, 2.45) is 0 Å². The number of nitrogens with zero attached hydrogens (tertiary/aromatic N) is 1. The zero-order valence-electron chi connectivity index (χ0n) is 8.97. The van der Waals surface area contributed by atoms with E-state index < -0.39 is 5.54 Å². The van der Waals surface area contributed by atoms with Gasteiger partial charge in [0.15, 0.2) is 0 Å². The summed E-state index contributed by atoms with van der Waals surface area (Å²) in [6.07, 6.45) is 1.64. The molecule has 5 heteroatoms. The molecule has 0 saturated carbocycles. The highest BCUT2D eigenvalue weighted by Crippen LogP contribution is 2.12. The second-order valence-electron chi connectivity index (χ2n) is 3.69. The smallest absolute Gasteiger partial charge is 0.245 e. The lowest BCUT2D eigenvalue weighted by atomic mass is 10.1. The summed E-state index contributed by atoms with van der Waals surface area (Å²) in [5.41, 5.74) is -0.602. The molecule has 0 aromatic carbocycles. The van der Waals surface area contributed by atoms with Crippen LogP contribution in [0.2, 0.25) is 0 Å². The van der Waals surface area contributed by atoms with Gasteiger partial charge in [0, 0.05) is 10.7 Å². The Hall–Kier alpha value is -0.940. The first-order valence-electron chi connectivity index (χ1n) is 4.57. The Bertz CT molecular complexity index is 348. The molecule has 1 heterocycles. The van der Waals surface area contributed by atoms with E-state index in [0.717, 1.165) is 4.47 Å². The maximum absolute atomic E-state index is 11.7. The van der Waals surface area contributed by atoms with E-state index in [1.54, 1.807) is 33.2 Å². The van der Waals surface area contributed by atoms with Crippen LogP contribution in [0.4, 0.5) is 5.82 Å². The predicted molar refractivity (Wildman–Crippen MR) is 63.7 cm³/mol. The molecule has 1 amide bonds. The predicted octanol–water partition coefficient (Wildman–Crippen LogP) is 1.78. The Morgan fingerprint density at radius 2 is 2.13 bits per heavy atom. The zero-order chi connectivity index (χ0) is 11.5. The number of halogens is 1. The van der Waals surface area contributed by atoms with E-state index in [9.17, 15) is 4.79 Å². The average Bonchev–Trinajstić information content (AvgIpc) is 2.21. The summed E-state index contributed by atoms with van der Waals surface area (Å²) in [7, 11) is 1.74. The molecule has 0 fully saturated rings. The number of amides is 1. The molecule has 0 radical (unpaired) electrons. The maximum Gasteiger partial charge on any atom is 0.245 e. The largest absolute Gasteiger partial charge is 0.309 e. The van der Waals surface area contributed by atoms with Crippen LogP contribution < -0.4 is 10.6 Å². The molecule has 0 saturated heterocycles. The van der Waals surface area contributed by atoms with Gasteiger partial charge in [0.25, 0.3) is 0 Å². The molecule has 4 nitrogen and oxygen atoms in total. The lowest BCUT2D eigenvalue weighted by molar-refractivity contribution is -0.121. The molecule has 0 spiro atoms. The van der Waals surface area contributed by atoms with Crippen LogP contribution in [0.25, 0.3) is 0 Å². The van der Waals surface area contributed by atoms with E-state index >= 15 is 0 Å². The fourth-order valence-corrected chi connectivity index (χ4v) is 1.07. The van der Waals surface area contributed by atoms with Crippen molar-refractivity contribution < 1.29 is 4.79 Å². The lowest BCUT2D eigenvalue weighted by Crippen LogP contribution is -2.48. The molecule has 1 rings (SSSR count). The van der Waals surface area contributed by atoms with E-state index in [0.29, 0.717) is 5.82 Å². The van der Waals surface area contributed by atoms with E-state index in [-0.39, 0.29) is 5.91 Å².